The number of hydrogen-bond acceptors (Lipinski definition) is 7. The number of aryl methyl sites for hydroxylation is 1. The Morgan fingerprint density at radius 3 is 2.90 bits per heavy atom. The highest BCUT2D eigenvalue weighted by Crippen LogP contribution is 2.27. The van der Waals surface area contributed by atoms with Crippen LogP contribution < -0.4 is 5.73 Å². The van der Waals surface area contributed by atoms with Gasteiger partial charge in [-0.15, -0.1) is 10.2 Å². The number of hydrogen-bond donors (Lipinski definition) is 1. The van der Waals surface area contributed by atoms with Gasteiger partial charge >= 0.3 is 0 Å². The highest BCUT2D eigenvalue weighted by molar-refractivity contribution is 7.98. The summed E-state index contributed by atoms with van der Waals surface area (Å²) in [6.45, 7) is 0.454. The predicted octanol–water partition coefficient (Wildman–Crippen LogP) is 3.94. The van der Waals surface area contributed by atoms with Crippen molar-refractivity contribution >= 4 is 29.3 Å². The van der Waals surface area contributed by atoms with E-state index >= 15 is 0 Å². The maximum absolute atomic E-state index is 11.2. The summed E-state index contributed by atoms with van der Waals surface area (Å²) in [5.74, 6) is 2.71. The second-order valence-corrected chi connectivity index (χ2v) is 7.83. The van der Waals surface area contributed by atoms with Gasteiger partial charge < -0.3 is 14.6 Å². The van der Waals surface area contributed by atoms with E-state index in [1.54, 1.807) is 18.5 Å². The van der Waals surface area contributed by atoms with Crippen molar-refractivity contribution in [1.82, 2.24) is 19.7 Å². The molecule has 3 heterocycles. The number of aromatic nitrogens is 4. The van der Waals surface area contributed by atoms with Gasteiger partial charge in [0, 0.05) is 23.4 Å². The van der Waals surface area contributed by atoms with Gasteiger partial charge in [-0.3, -0.25) is 9.36 Å². The van der Waals surface area contributed by atoms with Crippen molar-refractivity contribution in [2.75, 3.05) is 0 Å². The number of oxazole rings is 1. The van der Waals surface area contributed by atoms with Gasteiger partial charge in [-0.2, -0.15) is 0 Å². The molecular formula is C20H18ClN5O3S. The summed E-state index contributed by atoms with van der Waals surface area (Å²) in [6, 6.07) is 11.1. The molecule has 0 bridgehead atoms. The van der Waals surface area contributed by atoms with E-state index in [1.807, 2.05) is 34.9 Å². The standard InChI is InChI=1S/C20H18ClN5O3S/c21-14-4-1-3-13(9-14)16-10-23-19(29-16)12-30-20-25-24-18(7-6-17(22)27)26(20)11-15-5-2-8-28-15/h1-5,8-10H,6-7,11-12H2,(H2,22,27). The Kier molecular flexibility index (Phi) is 6.20. The highest BCUT2D eigenvalue weighted by atomic mass is 35.5. The molecule has 0 atom stereocenters. The van der Waals surface area contributed by atoms with Gasteiger partial charge in [0.05, 0.1) is 24.8 Å². The highest BCUT2D eigenvalue weighted by Gasteiger charge is 2.16. The van der Waals surface area contributed by atoms with Crippen molar-refractivity contribution in [2.24, 2.45) is 5.73 Å². The van der Waals surface area contributed by atoms with Crippen LogP contribution in [0.15, 0.2) is 62.8 Å². The lowest BCUT2D eigenvalue weighted by Crippen LogP contribution is -2.14. The quantitative estimate of drug-likeness (QED) is 0.390. The molecule has 8 nitrogen and oxygen atoms in total. The zero-order valence-corrected chi connectivity index (χ0v) is 17.4. The Balaban J connectivity index is 1.49. The minimum Gasteiger partial charge on any atom is -0.467 e. The first-order valence-electron chi connectivity index (χ1n) is 9.14. The van der Waals surface area contributed by atoms with Crippen LogP contribution in [-0.2, 0) is 23.5 Å². The van der Waals surface area contributed by atoms with E-state index < -0.39 is 0 Å². The second-order valence-electron chi connectivity index (χ2n) is 6.45. The molecule has 30 heavy (non-hydrogen) atoms. The normalized spacial score (nSPS) is 11.1. The zero-order valence-electron chi connectivity index (χ0n) is 15.8. The lowest BCUT2D eigenvalue weighted by atomic mass is 10.2. The number of amides is 1. The molecule has 0 radical (unpaired) electrons. The van der Waals surface area contributed by atoms with Crippen molar-refractivity contribution < 1.29 is 13.6 Å². The summed E-state index contributed by atoms with van der Waals surface area (Å²) in [5, 5.41) is 9.79. The Morgan fingerprint density at radius 2 is 2.13 bits per heavy atom. The smallest absolute Gasteiger partial charge is 0.217 e. The van der Waals surface area contributed by atoms with Crippen LogP contribution in [0, 0.1) is 0 Å². The number of primary amides is 1. The molecule has 10 heteroatoms. The molecule has 0 saturated carbocycles. The van der Waals surface area contributed by atoms with Crippen molar-refractivity contribution in [3.63, 3.8) is 0 Å². The van der Waals surface area contributed by atoms with E-state index in [-0.39, 0.29) is 12.3 Å². The van der Waals surface area contributed by atoms with Gasteiger partial charge in [0.2, 0.25) is 11.8 Å². The summed E-state index contributed by atoms with van der Waals surface area (Å²) in [6.07, 6.45) is 3.89. The number of thioether (sulfide) groups is 1. The summed E-state index contributed by atoms with van der Waals surface area (Å²) < 4.78 is 13.2. The van der Waals surface area contributed by atoms with Gasteiger partial charge in [-0.25, -0.2) is 4.98 Å². The molecule has 1 amide bonds. The fraction of sp³-hybridized carbons (Fsp3) is 0.200. The van der Waals surface area contributed by atoms with E-state index in [9.17, 15) is 4.79 Å². The number of nitrogens with two attached hydrogens (primary N) is 1. The maximum Gasteiger partial charge on any atom is 0.217 e. The first kappa shape index (κ1) is 20.2. The Hall–Kier alpha value is -3.04. The third-order valence-electron chi connectivity index (χ3n) is 4.27. The molecule has 4 rings (SSSR count). The predicted molar refractivity (Wildman–Crippen MR) is 112 cm³/mol. The molecule has 0 aliphatic carbocycles. The van der Waals surface area contributed by atoms with Gasteiger partial charge in [0.15, 0.2) is 10.9 Å². The Morgan fingerprint density at radius 1 is 1.23 bits per heavy atom. The fourth-order valence-electron chi connectivity index (χ4n) is 2.84. The van der Waals surface area contributed by atoms with Crippen molar-refractivity contribution in [3.05, 3.63) is 71.4 Å². The van der Waals surface area contributed by atoms with E-state index in [4.69, 9.17) is 26.2 Å². The fourth-order valence-corrected chi connectivity index (χ4v) is 3.84. The molecule has 4 aromatic rings. The van der Waals surface area contributed by atoms with Crippen LogP contribution in [0.1, 0.15) is 23.9 Å². The zero-order chi connectivity index (χ0) is 20.9. The molecule has 0 unspecified atom stereocenters. The minimum atomic E-state index is -0.384. The summed E-state index contributed by atoms with van der Waals surface area (Å²) in [7, 11) is 0. The monoisotopic (exact) mass is 443 g/mol. The van der Waals surface area contributed by atoms with Crippen LogP contribution in [0.5, 0.6) is 0 Å². The average molecular weight is 444 g/mol. The van der Waals surface area contributed by atoms with E-state index in [0.29, 0.717) is 46.4 Å². The van der Waals surface area contributed by atoms with Crippen LogP contribution in [0.2, 0.25) is 5.02 Å². The Bertz CT molecular complexity index is 1140. The lowest BCUT2D eigenvalue weighted by Gasteiger charge is -2.07. The van der Waals surface area contributed by atoms with Crippen molar-refractivity contribution in [3.8, 4) is 11.3 Å². The summed E-state index contributed by atoms with van der Waals surface area (Å²) in [5.41, 5.74) is 6.14. The topological polar surface area (TPSA) is 113 Å². The summed E-state index contributed by atoms with van der Waals surface area (Å²) in [4.78, 5) is 15.5. The first-order valence-corrected chi connectivity index (χ1v) is 10.5. The molecule has 0 aliphatic heterocycles. The lowest BCUT2D eigenvalue weighted by molar-refractivity contribution is -0.118. The van der Waals surface area contributed by atoms with Crippen molar-refractivity contribution in [1.29, 1.82) is 0 Å². The molecule has 3 aromatic heterocycles. The minimum absolute atomic E-state index is 0.198. The molecule has 1 aromatic carbocycles. The molecular weight excluding hydrogens is 426 g/mol. The molecule has 0 fully saturated rings. The Labute approximate surface area is 181 Å². The number of nitrogens with zero attached hydrogens (tertiary/aromatic N) is 4. The van der Waals surface area contributed by atoms with Crippen LogP contribution in [-0.4, -0.2) is 25.7 Å². The van der Waals surface area contributed by atoms with E-state index in [1.165, 1.54) is 11.8 Å². The van der Waals surface area contributed by atoms with Crippen LogP contribution in [0.25, 0.3) is 11.3 Å². The maximum atomic E-state index is 11.2. The number of halogens is 1. The average Bonchev–Trinajstić information content (AvgIpc) is 3.47. The van der Waals surface area contributed by atoms with Gasteiger partial charge in [0.1, 0.15) is 11.6 Å². The van der Waals surface area contributed by atoms with Crippen LogP contribution in [0.4, 0.5) is 0 Å². The first-order chi connectivity index (χ1) is 14.6. The van der Waals surface area contributed by atoms with E-state index in [2.05, 4.69) is 15.2 Å². The third kappa shape index (κ3) is 4.92. The molecule has 2 N–H and O–H groups in total. The number of benzene rings is 1. The molecule has 0 aliphatic rings. The molecule has 154 valence electrons. The third-order valence-corrected chi connectivity index (χ3v) is 5.46. The van der Waals surface area contributed by atoms with Crippen molar-refractivity contribution in [2.45, 2.75) is 30.3 Å². The van der Waals surface area contributed by atoms with E-state index in [0.717, 1.165) is 11.3 Å². The largest absolute Gasteiger partial charge is 0.467 e. The summed E-state index contributed by atoms with van der Waals surface area (Å²) >= 11 is 7.48. The number of carbonyl (C=O) groups excluding carboxylic acids is 1. The number of furan rings is 1. The number of carbonyl (C=O) groups is 1. The van der Waals surface area contributed by atoms with Gasteiger partial charge in [-0.1, -0.05) is 35.5 Å². The van der Waals surface area contributed by atoms with Crippen LogP contribution in [0.3, 0.4) is 0 Å². The second kappa shape index (κ2) is 9.19. The SMILES string of the molecule is NC(=O)CCc1nnc(SCc2ncc(-c3cccc(Cl)c3)o2)n1Cc1ccco1. The van der Waals surface area contributed by atoms with Gasteiger partial charge in [0.25, 0.3) is 0 Å². The molecule has 0 saturated heterocycles. The molecule has 0 spiro atoms. The van der Waals surface area contributed by atoms with Crippen LogP contribution >= 0.6 is 23.4 Å². The number of rotatable bonds is 9. The van der Waals surface area contributed by atoms with Gasteiger partial charge in [-0.05, 0) is 24.3 Å².